The molecule has 0 aliphatic heterocycles. The van der Waals surface area contributed by atoms with Crippen molar-refractivity contribution in [2.75, 3.05) is 19.4 Å². The molecule has 0 atom stereocenters. The van der Waals surface area contributed by atoms with E-state index < -0.39 is 21.5 Å². The number of carbonyl (C=O) groups is 1. The lowest BCUT2D eigenvalue weighted by Gasteiger charge is -2.13. The van der Waals surface area contributed by atoms with E-state index in [4.69, 9.17) is 23.2 Å². The van der Waals surface area contributed by atoms with Gasteiger partial charge in [0.1, 0.15) is 6.54 Å². The monoisotopic (exact) mass is 403 g/mol. The van der Waals surface area contributed by atoms with Gasteiger partial charge in [0.05, 0.1) is 15.6 Å². The molecule has 1 aromatic heterocycles. The van der Waals surface area contributed by atoms with Gasteiger partial charge in [-0.1, -0.05) is 23.2 Å². The molecule has 25 heavy (non-hydrogen) atoms. The zero-order chi connectivity index (χ0) is 18.8. The maximum absolute atomic E-state index is 12.1. The SMILES string of the molecule is CN(C)S(=O)(=O)c1ccc(=O)n(CC(=O)Nc2ccc(Cl)cc2Cl)c1. The van der Waals surface area contributed by atoms with Crippen LogP contribution in [0.15, 0.2) is 46.2 Å². The van der Waals surface area contributed by atoms with Crippen LogP contribution in [0.3, 0.4) is 0 Å². The normalized spacial score (nSPS) is 11.6. The summed E-state index contributed by atoms with van der Waals surface area (Å²) in [6.07, 6.45) is 1.13. The lowest BCUT2D eigenvalue weighted by Crippen LogP contribution is -2.29. The number of nitrogens with zero attached hydrogens (tertiary/aromatic N) is 2. The molecule has 2 aromatic rings. The van der Waals surface area contributed by atoms with Crippen LogP contribution in [-0.2, 0) is 21.4 Å². The minimum Gasteiger partial charge on any atom is -0.323 e. The number of hydrogen-bond acceptors (Lipinski definition) is 4. The first-order valence-electron chi connectivity index (χ1n) is 6.99. The van der Waals surface area contributed by atoms with E-state index >= 15 is 0 Å². The Kier molecular flexibility index (Phi) is 5.89. The molecule has 1 aromatic carbocycles. The van der Waals surface area contributed by atoms with Crippen molar-refractivity contribution >= 4 is 44.8 Å². The molecule has 0 bridgehead atoms. The lowest BCUT2D eigenvalue weighted by molar-refractivity contribution is -0.116. The first-order valence-corrected chi connectivity index (χ1v) is 9.19. The van der Waals surface area contributed by atoms with Crippen LogP contribution < -0.4 is 10.9 Å². The third kappa shape index (κ3) is 4.60. The number of nitrogens with one attached hydrogen (secondary N) is 1. The molecule has 1 heterocycles. The van der Waals surface area contributed by atoms with E-state index in [1.807, 2.05) is 0 Å². The number of sulfonamides is 1. The molecule has 0 aliphatic carbocycles. The lowest BCUT2D eigenvalue weighted by atomic mass is 10.3. The van der Waals surface area contributed by atoms with Crippen molar-refractivity contribution in [2.45, 2.75) is 11.4 Å². The molecule has 0 unspecified atom stereocenters. The summed E-state index contributed by atoms with van der Waals surface area (Å²) in [7, 11) is -0.966. The Hall–Kier alpha value is -1.87. The molecule has 2 rings (SSSR count). The van der Waals surface area contributed by atoms with Gasteiger partial charge in [0.2, 0.25) is 15.9 Å². The zero-order valence-corrected chi connectivity index (χ0v) is 15.7. The van der Waals surface area contributed by atoms with E-state index in [0.717, 1.165) is 21.1 Å². The first-order chi connectivity index (χ1) is 11.6. The molecule has 7 nitrogen and oxygen atoms in total. The molecule has 0 saturated carbocycles. The van der Waals surface area contributed by atoms with Gasteiger partial charge in [-0.2, -0.15) is 0 Å². The molecule has 0 spiro atoms. The summed E-state index contributed by atoms with van der Waals surface area (Å²) in [5.74, 6) is -0.536. The van der Waals surface area contributed by atoms with Gasteiger partial charge >= 0.3 is 0 Å². The van der Waals surface area contributed by atoms with Crippen LogP contribution in [0.25, 0.3) is 0 Å². The molecular weight excluding hydrogens is 389 g/mol. The Balaban J connectivity index is 2.25. The third-order valence-electron chi connectivity index (χ3n) is 3.25. The maximum atomic E-state index is 12.1. The molecule has 1 amide bonds. The summed E-state index contributed by atoms with van der Waals surface area (Å²) < 4.78 is 26.3. The standard InChI is InChI=1S/C15H15Cl2N3O4S/c1-19(2)25(23,24)11-4-6-15(22)20(8-11)9-14(21)18-13-5-3-10(16)7-12(13)17/h3-8H,9H2,1-2H3,(H,18,21). The topological polar surface area (TPSA) is 88.5 Å². The van der Waals surface area contributed by atoms with E-state index in [9.17, 15) is 18.0 Å². The predicted octanol–water partition coefficient (Wildman–Crippen LogP) is 2.04. The highest BCUT2D eigenvalue weighted by Crippen LogP contribution is 2.25. The van der Waals surface area contributed by atoms with Gasteiger partial charge in [0.15, 0.2) is 0 Å². The van der Waals surface area contributed by atoms with Gasteiger partial charge in [-0.05, 0) is 24.3 Å². The van der Waals surface area contributed by atoms with Gasteiger partial charge in [0.25, 0.3) is 5.56 Å². The van der Waals surface area contributed by atoms with Crippen molar-refractivity contribution in [1.82, 2.24) is 8.87 Å². The van der Waals surface area contributed by atoms with Gasteiger partial charge < -0.3 is 9.88 Å². The van der Waals surface area contributed by atoms with Crippen LogP contribution in [0.5, 0.6) is 0 Å². The zero-order valence-electron chi connectivity index (χ0n) is 13.4. The van der Waals surface area contributed by atoms with Crippen LogP contribution in [0, 0.1) is 0 Å². The van der Waals surface area contributed by atoms with E-state index in [1.54, 1.807) is 6.07 Å². The van der Waals surface area contributed by atoms with Gasteiger partial charge in [-0.15, -0.1) is 0 Å². The van der Waals surface area contributed by atoms with Gasteiger partial charge in [-0.25, -0.2) is 12.7 Å². The average molecular weight is 404 g/mol. The summed E-state index contributed by atoms with van der Waals surface area (Å²) in [6, 6.07) is 6.84. The van der Waals surface area contributed by atoms with Crippen molar-refractivity contribution in [3.8, 4) is 0 Å². The second-order valence-electron chi connectivity index (χ2n) is 5.29. The van der Waals surface area contributed by atoms with Crippen LogP contribution in [-0.4, -0.2) is 37.3 Å². The van der Waals surface area contributed by atoms with Crippen LogP contribution >= 0.6 is 23.2 Å². The Morgan fingerprint density at radius 2 is 1.88 bits per heavy atom. The predicted molar refractivity (Wildman–Crippen MR) is 96.7 cm³/mol. The number of benzene rings is 1. The largest absolute Gasteiger partial charge is 0.323 e. The molecule has 134 valence electrons. The summed E-state index contributed by atoms with van der Waals surface area (Å²) >= 11 is 11.8. The van der Waals surface area contributed by atoms with Crippen molar-refractivity contribution < 1.29 is 13.2 Å². The number of carbonyl (C=O) groups excluding carboxylic acids is 1. The molecule has 0 saturated heterocycles. The van der Waals surface area contributed by atoms with Crippen molar-refractivity contribution in [1.29, 1.82) is 0 Å². The molecule has 1 N–H and O–H groups in total. The maximum Gasteiger partial charge on any atom is 0.251 e. The Morgan fingerprint density at radius 3 is 2.48 bits per heavy atom. The van der Waals surface area contributed by atoms with Crippen molar-refractivity contribution in [3.05, 3.63) is 56.9 Å². The molecule has 0 aliphatic rings. The molecule has 0 fully saturated rings. The van der Waals surface area contributed by atoms with E-state index in [2.05, 4.69) is 5.32 Å². The second-order valence-corrected chi connectivity index (χ2v) is 8.29. The molecule has 0 radical (unpaired) electrons. The third-order valence-corrected chi connectivity index (χ3v) is 5.60. The molecule has 10 heteroatoms. The fraction of sp³-hybridized carbons (Fsp3) is 0.200. The Labute approximate surface area is 154 Å². The van der Waals surface area contributed by atoms with Crippen LogP contribution in [0.2, 0.25) is 10.0 Å². The second kappa shape index (κ2) is 7.57. The number of rotatable bonds is 5. The van der Waals surface area contributed by atoms with E-state index in [0.29, 0.717) is 10.7 Å². The van der Waals surface area contributed by atoms with Crippen molar-refractivity contribution in [2.24, 2.45) is 0 Å². The summed E-state index contributed by atoms with van der Waals surface area (Å²) in [5, 5.41) is 3.21. The highest BCUT2D eigenvalue weighted by atomic mass is 35.5. The Bertz CT molecular complexity index is 971. The van der Waals surface area contributed by atoms with Gasteiger partial charge in [-0.3, -0.25) is 9.59 Å². The summed E-state index contributed by atoms with van der Waals surface area (Å²) in [5.41, 5.74) is -0.170. The summed E-state index contributed by atoms with van der Waals surface area (Å²) in [6.45, 7) is -0.366. The minimum absolute atomic E-state index is 0.0885. The van der Waals surface area contributed by atoms with Crippen molar-refractivity contribution in [3.63, 3.8) is 0 Å². The number of amides is 1. The fourth-order valence-electron chi connectivity index (χ4n) is 1.93. The smallest absolute Gasteiger partial charge is 0.251 e. The van der Waals surface area contributed by atoms with Crippen LogP contribution in [0.4, 0.5) is 5.69 Å². The minimum atomic E-state index is -3.72. The van der Waals surface area contributed by atoms with E-state index in [1.165, 1.54) is 32.3 Å². The van der Waals surface area contributed by atoms with Gasteiger partial charge in [0, 0.05) is 31.4 Å². The number of anilines is 1. The van der Waals surface area contributed by atoms with Crippen LogP contribution in [0.1, 0.15) is 0 Å². The highest BCUT2D eigenvalue weighted by Gasteiger charge is 2.18. The number of hydrogen-bond donors (Lipinski definition) is 1. The molecular formula is C15H15Cl2N3O4S. The number of pyridine rings is 1. The fourth-order valence-corrected chi connectivity index (χ4v) is 3.31. The average Bonchev–Trinajstić information content (AvgIpc) is 2.52. The number of aromatic nitrogens is 1. The first kappa shape index (κ1) is 19.5. The Morgan fingerprint density at radius 1 is 1.20 bits per heavy atom. The number of halogens is 2. The quantitative estimate of drug-likeness (QED) is 0.826. The van der Waals surface area contributed by atoms with E-state index in [-0.39, 0.29) is 16.5 Å². The highest BCUT2D eigenvalue weighted by molar-refractivity contribution is 7.89. The summed E-state index contributed by atoms with van der Waals surface area (Å²) in [4.78, 5) is 24.0.